The zero-order chi connectivity index (χ0) is 15.0. The summed E-state index contributed by atoms with van der Waals surface area (Å²) in [6, 6.07) is 7.13. The van der Waals surface area contributed by atoms with Crippen LogP contribution in [0.3, 0.4) is 0 Å². The minimum absolute atomic E-state index is 0.0339. The molecule has 5 nitrogen and oxygen atoms in total. The summed E-state index contributed by atoms with van der Waals surface area (Å²) in [5.41, 5.74) is 3.09. The average Bonchev–Trinajstić information content (AvgIpc) is 3.04. The number of hydrogen-bond acceptors (Lipinski definition) is 2. The largest absolute Gasteiger partial charge is 0.356 e. The fraction of sp³-hybridized carbons (Fsp3) is 0.200. The molecular formula is C15H14ClN3O2. The Kier molecular flexibility index (Phi) is 3.43. The molecule has 0 saturated carbocycles. The predicted octanol–water partition coefficient (Wildman–Crippen LogP) is 2.83. The van der Waals surface area contributed by atoms with E-state index in [1.54, 1.807) is 30.2 Å². The van der Waals surface area contributed by atoms with Gasteiger partial charge in [-0.2, -0.15) is 0 Å². The van der Waals surface area contributed by atoms with Crippen molar-refractivity contribution < 1.29 is 9.59 Å². The molecule has 1 aromatic heterocycles. The Balaban J connectivity index is 1.79. The van der Waals surface area contributed by atoms with Crippen LogP contribution in [0.2, 0.25) is 5.02 Å². The lowest BCUT2D eigenvalue weighted by molar-refractivity contribution is -0.116. The molecule has 1 aliphatic heterocycles. The lowest BCUT2D eigenvalue weighted by Gasteiger charge is -2.15. The standard InChI is InChI=1S/C15H14ClN3O2/c1-9(20)19-5-4-10-6-12(2-3-14(10)19)18-15(21)13-7-11(16)8-17-13/h2-3,6-8,17H,4-5H2,1H3,(H,18,21). The first-order valence-electron chi connectivity index (χ1n) is 6.61. The van der Waals surface area contributed by atoms with Crippen LogP contribution in [-0.4, -0.2) is 23.3 Å². The number of hydrogen-bond donors (Lipinski definition) is 2. The Morgan fingerprint density at radius 3 is 2.81 bits per heavy atom. The van der Waals surface area contributed by atoms with Crippen LogP contribution in [0.5, 0.6) is 0 Å². The average molecular weight is 304 g/mol. The van der Waals surface area contributed by atoms with E-state index in [1.165, 1.54) is 0 Å². The Labute approximate surface area is 126 Å². The third-order valence-electron chi connectivity index (χ3n) is 3.51. The zero-order valence-electron chi connectivity index (χ0n) is 11.4. The molecule has 0 radical (unpaired) electrons. The number of carbonyl (C=O) groups is 2. The number of H-pyrrole nitrogens is 1. The SMILES string of the molecule is CC(=O)N1CCc2cc(NC(=O)c3cc(Cl)c[nH]3)ccc21. The number of carbonyl (C=O) groups excluding carboxylic acids is 2. The molecule has 0 fully saturated rings. The molecule has 6 heteroatoms. The number of halogens is 1. The summed E-state index contributed by atoms with van der Waals surface area (Å²) in [6.07, 6.45) is 2.36. The first-order chi connectivity index (χ1) is 10.0. The predicted molar refractivity (Wildman–Crippen MR) is 81.9 cm³/mol. The topological polar surface area (TPSA) is 65.2 Å². The van der Waals surface area contributed by atoms with Crippen molar-refractivity contribution in [2.45, 2.75) is 13.3 Å². The first kappa shape index (κ1) is 13.7. The number of rotatable bonds is 2. The summed E-state index contributed by atoms with van der Waals surface area (Å²) < 4.78 is 0. The van der Waals surface area contributed by atoms with E-state index in [2.05, 4.69) is 10.3 Å². The van der Waals surface area contributed by atoms with Gasteiger partial charge in [0, 0.05) is 31.0 Å². The molecule has 108 valence electrons. The van der Waals surface area contributed by atoms with Crippen molar-refractivity contribution in [2.24, 2.45) is 0 Å². The summed E-state index contributed by atoms with van der Waals surface area (Å²) in [5, 5.41) is 3.30. The van der Waals surface area contributed by atoms with Crippen LogP contribution in [0.25, 0.3) is 0 Å². The molecular weight excluding hydrogens is 290 g/mol. The highest BCUT2D eigenvalue weighted by atomic mass is 35.5. The fourth-order valence-corrected chi connectivity index (χ4v) is 2.67. The lowest BCUT2D eigenvalue weighted by Crippen LogP contribution is -2.25. The monoisotopic (exact) mass is 303 g/mol. The number of fused-ring (bicyclic) bond motifs is 1. The minimum atomic E-state index is -0.247. The summed E-state index contributed by atoms with van der Waals surface area (Å²) in [6.45, 7) is 2.24. The number of aromatic nitrogens is 1. The van der Waals surface area contributed by atoms with Crippen molar-refractivity contribution in [1.29, 1.82) is 0 Å². The fourth-order valence-electron chi connectivity index (χ4n) is 2.50. The Morgan fingerprint density at radius 2 is 2.14 bits per heavy atom. The molecule has 2 aromatic rings. The maximum atomic E-state index is 12.0. The molecule has 1 aromatic carbocycles. The van der Waals surface area contributed by atoms with E-state index in [0.717, 1.165) is 17.7 Å². The maximum Gasteiger partial charge on any atom is 0.272 e. The van der Waals surface area contributed by atoms with Gasteiger partial charge in [-0.3, -0.25) is 9.59 Å². The second kappa shape index (κ2) is 5.26. The molecule has 0 aliphatic carbocycles. The van der Waals surface area contributed by atoms with Crippen molar-refractivity contribution in [3.05, 3.63) is 46.7 Å². The smallest absolute Gasteiger partial charge is 0.272 e. The second-order valence-corrected chi connectivity index (χ2v) is 5.39. The molecule has 2 N–H and O–H groups in total. The van der Waals surface area contributed by atoms with Gasteiger partial charge in [0.2, 0.25) is 5.91 Å². The van der Waals surface area contributed by atoms with Gasteiger partial charge < -0.3 is 15.2 Å². The van der Waals surface area contributed by atoms with E-state index < -0.39 is 0 Å². The van der Waals surface area contributed by atoms with Gasteiger partial charge in [-0.05, 0) is 36.2 Å². The van der Waals surface area contributed by atoms with Crippen molar-refractivity contribution in [1.82, 2.24) is 4.98 Å². The summed E-state index contributed by atoms with van der Waals surface area (Å²) in [5.74, 6) is -0.213. The van der Waals surface area contributed by atoms with Crippen LogP contribution in [0.15, 0.2) is 30.5 Å². The van der Waals surface area contributed by atoms with E-state index in [4.69, 9.17) is 11.6 Å². The van der Waals surface area contributed by atoms with Crippen LogP contribution >= 0.6 is 11.6 Å². The number of amides is 2. The van der Waals surface area contributed by atoms with E-state index in [-0.39, 0.29) is 11.8 Å². The van der Waals surface area contributed by atoms with Crippen LogP contribution in [0.1, 0.15) is 23.0 Å². The maximum absolute atomic E-state index is 12.0. The van der Waals surface area contributed by atoms with Crippen molar-refractivity contribution in [3.8, 4) is 0 Å². The Morgan fingerprint density at radius 1 is 1.33 bits per heavy atom. The second-order valence-electron chi connectivity index (χ2n) is 4.95. The van der Waals surface area contributed by atoms with Gasteiger partial charge >= 0.3 is 0 Å². The highest BCUT2D eigenvalue weighted by molar-refractivity contribution is 6.31. The Bertz CT molecular complexity index is 723. The van der Waals surface area contributed by atoms with Gasteiger partial charge in [-0.15, -0.1) is 0 Å². The van der Waals surface area contributed by atoms with Crippen LogP contribution in [-0.2, 0) is 11.2 Å². The summed E-state index contributed by atoms with van der Waals surface area (Å²) >= 11 is 5.78. The van der Waals surface area contributed by atoms with Crippen LogP contribution in [0, 0.1) is 0 Å². The van der Waals surface area contributed by atoms with Gasteiger partial charge in [-0.25, -0.2) is 0 Å². The number of nitrogens with one attached hydrogen (secondary N) is 2. The molecule has 1 aliphatic rings. The minimum Gasteiger partial charge on any atom is -0.356 e. The molecule has 2 heterocycles. The summed E-state index contributed by atoms with van der Waals surface area (Å²) in [7, 11) is 0. The molecule has 0 bridgehead atoms. The van der Waals surface area contributed by atoms with Crippen molar-refractivity contribution >= 4 is 34.8 Å². The summed E-state index contributed by atoms with van der Waals surface area (Å²) in [4.78, 5) is 28.1. The van der Waals surface area contributed by atoms with Crippen molar-refractivity contribution in [3.63, 3.8) is 0 Å². The number of nitrogens with zero attached hydrogens (tertiary/aromatic N) is 1. The van der Waals surface area contributed by atoms with E-state index in [9.17, 15) is 9.59 Å². The van der Waals surface area contributed by atoms with Gasteiger partial charge in [0.05, 0.1) is 5.02 Å². The highest BCUT2D eigenvalue weighted by Crippen LogP contribution is 2.30. The molecule has 2 amide bonds. The molecule has 0 atom stereocenters. The van der Waals surface area contributed by atoms with Gasteiger partial charge in [0.25, 0.3) is 5.91 Å². The van der Waals surface area contributed by atoms with Crippen molar-refractivity contribution in [2.75, 3.05) is 16.8 Å². The van der Waals surface area contributed by atoms with Gasteiger partial charge in [0.1, 0.15) is 5.69 Å². The number of anilines is 2. The van der Waals surface area contributed by atoms with Gasteiger partial charge in [-0.1, -0.05) is 11.6 Å². The lowest BCUT2D eigenvalue weighted by atomic mass is 10.1. The number of benzene rings is 1. The molecule has 3 rings (SSSR count). The third-order valence-corrected chi connectivity index (χ3v) is 3.72. The van der Waals surface area contributed by atoms with Crippen LogP contribution in [0.4, 0.5) is 11.4 Å². The molecule has 0 spiro atoms. The van der Waals surface area contributed by atoms with E-state index in [0.29, 0.717) is 22.9 Å². The first-order valence-corrected chi connectivity index (χ1v) is 6.98. The normalized spacial score (nSPS) is 13.1. The van der Waals surface area contributed by atoms with Crippen LogP contribution < -0.4 is 10.2 Å². The number of aromatic amines is 1. The van der Waals surface area contributed by atoms with E-state index in [1.807, 2.05) is 12.1 Å². The molecule has 21 heavy (non-hydrogen) atoms. The highest BCUT2D eigenvalue weighted by Gasteiger charge is 2.22. The molecule has 0 saturated heterocycles. The van der Waals surface area contributed by atoms with Gasteiger partial charge in [0.15, 0.2) is 0 Å². The quantitative estimate of drug-likeness (QED) is 0.896. The Hall–Kier alpha value is -2.27. The molecule has 0 unspecified atom stereocenters. The zero-order valence-corrected chi connectivity index (χ0v) is 12.2. The van der Waals surface area contributed by atoms with E-state index >= 15 is 0 Å². The third kappa shape index (κ3) is 2.64.